The van der Waals surface area contributed by atoms with Crippen molar-refractivity contribution >= 4 is 5.91 Å². The molecule has 3 rings (SSSR count). The van der Waals surface area contributed by atoms with Crippen LogP contribution in [-0.2, 0) is 11.2 Å². The van der Waals surface area contributed by atoms with E-state index < -0.39 is 12.2 Å². The molecule has 7 heteroatoms. The van der Waals surface area contributed by atoms with Crippen LogP contribution >= 0.6 is 0 Å². The van der Waals surface area contributed by atoms with Crippen LogP contribution in [0, 0.1) is 0 Å². The van der Waals surface area contributed by atoms with Gasteiger partial charge < -0.3 is 10.6 Å². The summed E-state index contributed by atoms with van der Waals surface area (Å²) >= 11 is 0. The Hall–Kier alpha value is -1.60. The van der Waals surface area contributed by atoms with E-state index in [1.807, 2.05) is 24.3 Å². The number of rotatable bonds is 4. The first-order chi connectivity index (χ1) is 11.0. The molecule has 2 atom stereocenters. The van der Waals surface area contributed by atoms with Crippen LogP contribution < -0.4 is 10.6 Å². The molecule has 0 saturated carbocycles. The highest BCUT2D eigenvalue weighted by Gasteiger charge is 2.44. The number of carbonyl (C=O) groups excluding carboxylic acids is 1. The maximum atomic E-state index is 13.3. The summed E-state index contributed by atoms with van der Waals surface area (Å²) in [5, 5.41) is 5.55. The normalized spacial score (nSPS) is 22.8. The van der Waals surface area contributed by atoms with Gasteiger partial charge in [0.2, 0.25) is 5.91 Å². The van der Waals surface area contributed by atoms with Gasteiger partial charge in [0.05, 0.1) is 5.92 Å². The third-order valence-corrected chi connectivity index (χ3v) is 4.61. The summed E-state index contributed by atoms with van der Waals surface area (Å²) in [5.74, 6) is -0.629. The SMILES string of the molecule is O=C(NCC(N1CCNCC1)C(F)(F)F)C1Cc2ccccc21. The lowest BCUT2D eigenvalue weighted by Gasteiger charge is -2.36. The second-order valence-electron chi connectivity index (χ2n) is 6.04. The minimum Gasteiger partial charge on any atom is -0.354 e. The van der Waals surface area contributed by atoms with E-state index in [2.05, 4.69) is 10.6 Å². The van der Waals surface area contributed by atoms with Crippen molar-refractivity contribution in [2.45, 2.75) is 24.6 Å². The Balaban J connectivity index is 1.60. The van der Waals surface area contributed by atoms with E-state index in [1.165, 1.54) is 4.90 Å². The van der Waals surface area contributed by atoms with Crippen LogP contribution in [0.3, 0.4) is 0 Å². The summed E-state index contributed by atoms with van der Waals surface area (Å²) in [5.41, 5.74) is 2.03. The van der Waals surface area contributed by atoms with Crippen molar-refractivity contribution in [2.24, 2.45) is 0 Å². The van der Waals surface area contributed by atoms with Gasteiger partial charge in [0.25, 0.3) is 0 Å². The number of nitrogens with one attached hydrogen (secondary N) is 2. The molecule has 2 N–H and O–H groups in total. The number of fused-ring (bicyclic) bond motifs is 1. The summed E-state index contributed by atoms with van der Waals surface area (Å²) in [6.07, 6.45) is -3.74. The number of hydrogen-bond acceptors (Lipinski definition) is 3. The quantitative estimate of drug-likeness (QED) is 0.876. The molecule has 1 aliphatic carbocycles. The fourth-order valence-corrected chi connectivity index (χ4v) is 3.26. The lowest BCUT2D eigenvalue weighted by atomic mass is 9.77. The molecule has 0 aromatic heterocycles. The molecule has 1 aromatic carbocycles. The highest BCUT2D eigenvalue weighted by Crippen LogP contribution is 2.35. The van der Waals surface area contributed by atoms with Crippen molar-refractivity contribution < 1.29 is 18.0 Å². The maximum absolute atomic E-state index is 13.3. The summed E-state index contributed by atoms with van der Waals surface area (Å²) in [7, 11) is 0. The van der Waals surface area contributed by atoms with E-state index in [1.54, 1.807) is 0 Å². The minimum absolute atomic E-state index is 0.312. The fraction of sp³-hybridized carbons (Fsp3) is 0.562. The smallest absolute Gasteiger partial charge is 0.354 e. The van der Waals surface area contributed by atoms with Crippen LogP contribution in [0.5, 0.6) is 0 Å². The number of piperazine rings is 1. The second kappa shape index (κ2) is 6.49. The Kier molecular flexibility index (Phi) is 4.59. The summed E-state index contributed by atoms with van der Waals surface area (Å²) in [4.78, 5) is 13.6. The number of benzene rings is 1. The minimum atomic E-state index is -4.35. The van der Waals surface area contributed by atoms with E-state index in [4.69, 9.17) is 0 Å². The zero-order valence-electron chi connectivity index (χ0n) is 12.7. The zero-order chi connectivity index (χ0) is 16.4. The van der Waals surface area contributed by atoms with Crippen LogP contribution in [0.15, 0.2) is 24.3 Å². The molecule has 0 spiro atoms. The molecule has 4 nitrogen and oxygen atoms in total. The Bertz CT molecular complexity index is 570. The number of alkyl halides is 3. The molecule has 1 amide bonds. The molecule has 0 bridgehead atoms. The largest absolute Gasteiger partial charge is 0.405 e. The first-order valence-corrected chi connectivity index (χ1v) is 7.84. The van der Waals surface area contributed by atoms with E-state index in [0.29, 0.717) is 32.6 Å². The lowest BCUT2D eigenvalue weighted by molar-refractivity contribution is -0.184. The van der Waals surface area contributed by atoms with Crippen molar-refractivity contribution in [3.63, 3.8) is 0 Å². The van der Waals surface area contributed by atoms with Gasteiger partial charge in [0.15, 0.2) is 0 Å². The standard InChI is InChI=1S/C16H20F3N3O/c17-16(18,19)14(22-7-5-20-6-8-22)10-21-15(23)13-9-11-3-1-2-4-12(11)13/h1-4,13-14,20H,5-10H2,(H,21,23). The van der Waals surface area contributed by atoms with Gasteiger partial charge in [-0.2, -0.15) is 13.2 Å². The Morgan fingerprint density at radius 3 is 2.65 bits per heavy atom. The van der Waals surface area contributed by atoms with Gasteiger partial charge >= 0.3 is 6.18 Å². The number of halogens is 3. The first-order valence-electron chi connectivity index (χ1n) is 7.84. The Labute approximate surface area is 133 Å². The van der Waals surface area contributed by atoms with Crippen LogP contribution in [0.4, 0.5) is 13.2 Å². The number of nitrogens with zero attached hydrogens (tertiary/aromatic N) is 1. The number of hydrogen-bond donors (Lipinski definition) is 2. The molecule has 126 valence electrons. The van der Waals surface area contributed by atoms with Crippen molar-refractivity contribution in [1.29, 1.82) is 0 Å². The predicted octanol–water partition coefficient (Wildman–Crippen LogP) is 1.28. The molecule has 0 radical (unpaired) electrons. The molecule has 23 heavy (non-hydrogen) atoms. The highest BCUT2D eigenvalue weighted by molar-refractivity contribution is 5.86. The molecular formula is C16H20F3N3O. The zero-order valence-corrected chi connectivity index (χ0v) is 12.7. The maximum Gasteiger partial charge on any atom is 0.405 e. The van der Waals surface area contributed by atoms with Crippen molar-refractivity contribution in [2.75, 3.05) is 32.7 Å². The average molecular weight is 327 g/mol. The topological polar surface area (TPSA) is 44.4 Å². The van der Waals surface area contributed by atoms with Gasteiger partial charge in [0, 0.05) is 32.7 Å². The molecular weight excluding hydrogens is 307 g/mol. The van der Waals surface area contributed by atoms with Gasteiger partial charge in [-0.05, 0) is 17.5 Å². The van der Waals surface area contributed by atoms with E-state index >= 15 is 0 Å². The third kappa shape index (κ3) is 3.50. The molecule has 1 aliphatic heterocycles. The van der Waals surface area contributed by atoms with Gasteiger partial charge in [-0.1, -0.05) is 24.3 Å². The lowest BCUT2D eigenvalue weighted by Crippen LogP contribution is -2.58. The van der Waals surface area contributed by atoms with E-state index in [9.17, 15) is 18.0 Å². The molecule has 1 fully saturated rings. The second-order valence-corrected chi connectivity index (χ2v) is 6.04. The van der Waals surface area contributed by atoms with Crippen LogP contribution in [0.1, 0.15) is 17.0 Å². The highest BCUT2D eigenvalue weighted by atomic mass is 19.4. The molecule has 1 saturated heterocycles. The van der Waals surface area contributed by atoms with Gasteiger partial charge in [-0.25, -0.2) is 0 Å². The first kappa shape index (κ1) is 16.3. The third-order valence-electron chi connectivity index (χ3n) is 4.61. The van der Waals surface area contributed by atoms with E-state index in [0.717, 1.165) is 11.1 Å². The summed E-state index contributed by atoms with van der Waals surface area (Å²) in [6, 6.07) is 5.93. The monoisotopic (exact) mass is 327 g/mol. The van der Waals surface area contributed by atoms with Gasteiger partial charge in [0.1, 0.15) is 6.04 Å². The van der Waals surface area contributed by atoms with Gasteiger partial charge in [-0.3, -0.25) is 9.69 Å². The summed E-state index contributed by atoms with van der Waals surface area (Å²) in [6.45, 7) is 1.37. The molecule has 1 heterocycles. The summed E-state index contributed by atoms with van der Waals surface area (Å²) < 4.78 is 39.8. The van der Waals surface area contributed by atoms with Crippen LogP contribution in [0.25, 0.3) is 0 Å². The number of amides is 1. The molecule has 1 aromatic rings. The van der Waals surface area contributed by atoms with E-state index in [-0.39, 0.29) is 18.4 Å². The van der Waals surface area contributed by atoms with Crippen molar-refractivity contribution in [1.82, 2.24) is 15.5 Å². The average Bonchev–Trinajstić information content (AvgIpc) is 2.48. The Morgan fingerprint density at radius 1 is 1.30 bits per heavy atom. The van der Waals surface area contributed by atoms with Gasteiger partial charge in [-0.15, -0.1) is 0 Å². The fourth-order valence-electron chi connectivity index (χ4n) is 3.26. The van der Waals surface area contributed by atoms with Crippen LogP contribution in [-0.4, -0.2) is 55.7 Å². The number of carbonyl (C=O) groups is 1. The van der Waals surface area contributed by atoms with Crippen LogP contribution in [0.2, 0.25) is 0 Å². The molecule has 2 aliphatic rings. The predicted molar refractivity (Wildman–Crippen MR) is 80.2 cm³/mol. The molecule has 2 unspecified atom stereocenters. The van der Waals surface area contributed by atoms with Crippen molar-refractivity contribution in [3.05, 3.63) is 35.4 Å². The Morgan fingerprint density at radius 2 is 2.00 bits per heavy atom. The van der Waals surface area contributed by atoms with Crippen molar-refractivity contribution in [3.8, 4) is 0 Å².